The van der Waals surface area contributed by atoms with E-state index in [9.17, 15) is 14.4 Å². The summed E-state index contributed by atoms with van der Waals surface area (Å²) in [6.07, 6.45) is 0.602. The van der Waals surface area contributed by atoms with E-state index in [1.165, 1.54) is 6.92 Å². The maximum absolute atomic E-state index is 12.2. The summed E-state index contributed by atoms with van der Waals surface area (Å²) < 4.78 is 0. The molecule has 0 aliphatic carbocycles. The molecule has 2 atom stereocenters. The van der Waals surface area contributed by atoms with Crippen molar-refractivity contribution in [2.75, 3.05) is 13.1 Å². The Balaban J connectivity index is 2.58. The van der Waals surface area contributed by atoms with Gasteiger partial charge in [0.05, 0.1) is 6.42 Å². The van der Waals surface area contributed by atoms with Crippen LogP contribution in [0.3, 0.4) is 0 Å². The van der Waals surface area contributed by atoms with Crippen molar-refractivity contribution in [3.63, 3.8) is 0 Å². The molecule has 0 aromatic heterocycles. The van der Waals surface area contributed by atoms with Gasteiger partial charge in [0, 0.05) is 32.1 Å². The Morgan fingerprint density at radius 2 is 1.95 bits per heavy atom. The molecule has 2 unspecified atom stereocenters. The number of carboxylic acid groups (broad SMARTS) is 1. The van der Waals surface area contributed by atoms with E-state index in [2.05, 4.69) is 10.6 Å². The predicted octanol–water partition coefficient (Wildman–Crippen LogP) is 0.796. The van der Waals surface area contributed by atoms with E-state index < -0.39 is 12.0 Å². The van der Waals surface area contributed by atoms with Crippen LogP contribution in [0.1, 0.15) is 40.5 Å². The Bertz CT molecular complexity index is 417. The van der Waals surface area contributed by atoms with Crippen LogP contribution in [-0.4, -0.2) is 53.1 Å². The van der Waals surface area contributed by atoms with Gasteiger partial charge in [-0.05, 0) is 11.8 Å². The van der Waals surface area contributed by atoms with Crippen molar-refractivity contribution < 1.29 is 19.5 Å². The third kappa shape index (κ3) is 5.61. The van der Waals surface area contributed by atoms with Crippen molar-refractivity contribution >= 4 is 17.9 Å². The molecule has 1 saturated heterocycles. The van der Waals surface area contributed by atoms with Gasteiger partial charge in [-0.15, -0.1) is 0 Å². The molecule has 0 bridgehead atoms. The predicted molar refractivity (Wildman–Crippen MR) is 77.8 cm³/mol. The molecular formula is C14H25N3O4. The lowest BCUT2D eigenvalue weighted by Crippen LogP contribution is -2.50. The quantitative estimate of drug-likeness (QED) is 0.715. The fourth-order valence-electron chi connectivity index (χ4n) is 2.34. The molecule has 3 N–H and O–H groups in total. The van der Waals surface area contributed by atoms with Gasteiger partial charge in [-0.25, -0.2) is 4.79 Å². The highest BCUT2D eigenvalue weighted by atomic mass is 16.4. The third-order valence-corrected chi connectivity index (χ3v) is 3.60. The Morgan fingerprint density at radius 3 is 2.43 bits per heavy atom. The smallest absolute Gasteiger partial charge is 0.317 e. The molecule has 7 heteroatoms. The monoisotopic (exact) mass is 299 g/mol. The standard InChI is InChI=1S/C14H25N3O4/c1-9(18)15-10-5-6-17(8-10)13(21)16-11(7-12(19)20)14(2,3)4/h10-11H,5-8H2,1-4H3,(H,15,18)(H,16,21)(H,19,20). The molecule has 0 saturated carbocycles. The lowest BCUT2D eigenvalue weighted by molar-refractivity contribution is -0.138. The van der Waals surface area contributed by atoms with Crippen LogP contribution in [0.25, 0.3) is 0 Å². The average molecular weight is 299 g/mol. The highest BCUT2D eigenvalue weighted by molar-refractivity contribution is 5.77. The van der Waals surface area contributed by atoms with Crippen LogP contribution in [0.5, 0.6) is 0 Å². The molecule has 3 amide bonds. The molecule has 1 aliphatic rings. The molecule has 1 heterocycles. The molecular weight excluding hydrogens is 274 g/mol. The number of hydrogen-bond acceptors (Lipinski definition) is 3. The van der Waals surface area contributed by atoms with Gasteiger partial charge in [-0.2, -0.15) is 0 Å². The van der Waals surface area contributed by atoms with Crippen LogP contribution in [0, 0.1) is 5.41 Å². The number of rotatable bonds is 4. The maximum atomic E-state index is 12.2. The van der Waals surface area contributed by atoms with E-state index in [0.29, 0.717) is 19.5 Å². The molecule has 7 nitrogen and oxygen atoms in total. The summed E-state index contributed by atoms with van der Waals surface area (Å²) in [6.45, 7) is 8.14. The third-order valence-electron chi connectivity index (χ3n) is 3.60. The number of aliphatic carboxylic acids is 1. The number of carbonyl (C=O) groups is 3. The minimum Gasteiger partial charge on any atom is -0.481 e. The zero-order valence-corrected chi connectivity index (χ0v) is 13.1. The molecule has 0 spiro atoms. The van der Waals surface area contributed by atoms with Gasteiger partial charge in [0.15, 0.2) is 0 Å². The van der Waals surface area contributed by atoms with E-state index in [1.54, 1.807) is 4.90 Å². The summed E-state index contributed by atoms with van der Waals surface area (Å²) in [6, 6.07) is -0.743. The first-order valence-electron chi connectivity index (χ1n) is 7.14. The van der Waals surface area contributed by atoms with Gasteiger partial charge >= 0.3 is 12.0 Å². The van der Waals surface area contributed by atoms with E-state index in [4.69, 9.17) is 5.11 Å². The molecule has 120 valence electrons. The number of nitrogens with zero attached hydrogens (tertiary/aromatic N) is 1. The van der Waals surface area contributed by atoms with Gasteiger partial charge < -0.3 is 20.6 Å². The Labute approximate surface area is 125 Å². The van der Waals surface area contributed by atoms with Gasteiger partial charge in [-0.3, -0.25) is 9.59 Å². The van der Waals surface area contributed by atoms with Crippen molar-refractivity contribution in [2.24, 2.45) is 5.41 Å². The fraction of sp³-hybridized carbons (Fsp3) is 0.786. The summed E-state index contributed by atoms with van der Waals surface area (Å²) in [5.41, 5.74) is -0.342. The van der Waals surface area contributed by atoms with Crippen molar-refractivity contribution in [2.45, 2.75) is 52.6 Å². The number of likely N-dealkylation sites (tertiary alicyclic amines) is 1. The second-order valence-corrected chi connectivity index (χ2v) is 6.60. The summed E-state index contributed by atoms with van der Waals surface area (Å²) >= 11 is 0. The number of hydrogen-bond donors (Lipinski definition) is 3. The first-order chi connectivity index (χ1) is 9.59. The zero-order valence-electron chi connectivity index (χ0n) is 13.1. The van der Waals surface area contributed by atoms with Crippen LogP contribution in [0.4, 0.5) is 4.79 Å². The van der Waals surface area contributed by atoms with Crippen molar-refractivity contribution in [3.8, 4) is 0 Å². The Morgan fingerprint density at radius 1 is 1.33 bits per heavy atom. The van der Waals surface area contributed by atoms with Crippen molar-refractivity contribution in [1.29, 1.82) is 0 Å². The second kappa shape index (κ2) is 6.78. The van der Waals surface area contributed by atoms with E-state index in [1.807, 2.05) is 20.8 Å². The lowest BCUT2D eigenvalue weighted by Gasteiger charge is -2.32. The van der Waals surface area contributed by atoms with Gasteiger partial charge in [0.25, 0.3) is 0 Å². The number of carboxylic acids is 1. The molecule has 21 heavy (non-hydrogen) atoms. The SMILES string of the molecule is CC(=O)NC1CCN(C(=O)NC(CC(=O)O)C(C)(C)C)C1. The number of carbonyl (C=O) groups excluding carboxylic acids is 2. The summed E-state index contributed by atoms with van der Waals surface area (Å²) in [4.78, 5) is 35.8. The number of amides is 3. The van der Waals surface area contributed by atoms with Crippen LogP contribution in [0.2, 0.25) is 0 Å². The van der Waals surface area contributed by atoms with Crippen LogP contribution in [0.15, 0.2) is 0 Å². The fourth-order valence-corrected chi connectivity index (χ4v) is 2.34. The van der Waals surface area contributed by atoms with Crippen LogP contribution < -0.4 is 10.6 Å². The molecule has 1 fully saturated rings. The first-order valence-corrected chi connectivity index (χ1v) is 7.14. The van der Waals surface area contributed by atoms with E-state index in [-0.39, 0.29) is 29.8 Å². The highest BCUT2D eigenvalue weighted by Gasteiger charge is 2.32. The molecule has 0 aromatic rings. The number of nitrogens with one attached hydrogen (secondary N) is 2. The topological polar surface area (TPSA) is 98.7 Å². The summed E-state index contributed by atoms with van der Waals surface area (Å²) in [5, 5.41) is 14.5. The zero-order chi connectivity index (χ0) is 16.2. The lowest BCUT2D eigenvalue weighted by atomic mass is 9.85. The van der Waals surface area contributed by atoms with Gasteiger partial charge in [0.1, 0.15) is 0 Å². The number of urea groups is 1. The molecule has 1 rings (SSSR count). The minimum absolute atomic E-state index is 0.0270. The van der Waals surface area contributed by atoms with E-state index >= 15 is 0 Å². The summed E-state index contributed by atoms with van der Waals surface area (Å²) in [7, 11) is 0. The molecule has 1 aliphatic heterocycles. The normalized spacial score (nSPS) is 20.0. The van der Waals surface area contributed by atoms with Gasteiger partial charge in [0.2, 0.25) is 5.91 Å². The van der Waals surface area contributed by atoms with Crippen molar-refractivity contribution in [3.05, 3.63) is 0 Å². The van der Waals surface area contributed by atoms with Crippen molar-refractivity contribution in [1.82, 2.24) is 15.5 Å². The van der Waals surface area contributed by atoms with E-state index in [0.717, 1.165) is 0 Å². The average Bonchev–Trinajstić information content (AvgIpc) is 2.73. The maximum Gasteiger partial charge on any atom is 0.317 e. The van der Waals surface area contributed by atoms with Crippen LogP contribution in [-0.2, 0) is 9.59 Å². The Hall–Kier alpha value is -1.79. The highest BCUT2D eigenvalue weighted by Crippen LogP contribution is 2.22. The molecule has 0 aromatic carbocycles. The second-order valence-electron chi connectivity index (χ2n) is 6.60. The van der Waals surface area contributed by atoms with Gasteiger partial charge in [-0.1, -0.05) is 20.8 Å². The van der Waals surface area contributed by atoms with Crippen LogP contribution >= 0.6 is 0 Å². The first kappa shape index (κ1) is 17.3. The summed E-state index contributed by atoms with van der Waals surface area (Å²) in [5.74, 6) is -1.05. The Kier molecular flexibility index (Phi) is 5.57. The molecule has 0 radical (unpaired) electrons. The largest absolute Gasteiger partial charge is 0.481 e. The minimum atomic E-state index is -0.937.